The van der Waals surface area contributed by atoms with E-state index in [-0.39, 0.29) is 19.1 Å². The maximum atomic E-state index is 11.8. The van der Waals surface area contributed by atoms with Gasteiger partial charge < -0.3 is 14.6 Å². The molecular weight excluding hydrogens is 411 g/mol. The zero-order valence-electron chi connectivity index (χ0n) is 12.0. The van der Waals surface area contributed by atoms with Gasteiger partial charge in [-0.15, -0.1) is 0 Å². The van der Waals surface area contributed by atoms with Gasteiger partial charge in [-0.3, -0.25) is 4.40 Å². The molecule has 0 fully saturated rings. The number of carbonyl (C=O) groups is 1. The third-order valence-corrected chi connectivity index (χ3v) is 3.81. The molecule has 2 aromatic heterocycles. The van der Waals surface area contributed by atoms with E-state index >= 15 is 0 Å². The number of aromatic nitrogens is 2. The smallest absolute Gasteiger partial charge is 0.429 e. The zero-order valence-corrected chi connectivity index (χ0v) is 14.1. The molecule has 0 saturated carbocycles. The van der Waals surface area contributed by atoms with Crippen molar-refractivity contribution in [1.82, 2.24) is 9.38 Å². The van der Waals surface area contributed by atoms with E-state index in [1.807, 2.05) is 36.4 Å². The zero-order chi connectivity index (χ0) is 16.2. The van der Waals surface area contributed by atoms with Crippen LogP contribution in [0.4, 0.5) is 4.79 Å². The molecule has 2 heterocycles. The fourth-order valence-corrected chi connectivity index (χ4v) is 2.55. The molecule has 0 aliphatic rings. The lowest BCUT2D eigenvalue weighted by Gasteiger charge is -2.05. The van der Waals surface area contributed by atoms with E-state index in [2.05, 4.69) is 27.6 Å². The third kappa shape index (κ3) is 3.62. The molecule has 0 amide bonds. The van der Waals surface area contributed by atoms with E-state index in [0.717, 1.165) is 9.13 Å². The standard InChI is InChI=1S/C16H13IN2O4/c17-12-6-7-14-18-15(13(9-20)19(14)8-12)23-16(21)22-10-11-4-2-1-3-5-11/h1-8,20H,9-10H2. The summed E-state index contributed by atoms with van der Waals surface area (Å²) in [5, 5.41) is 9.52. The Bertz CT molecular complexity index is 833. The van der Waals surface area contributed by atoms with Crippen LogP contribution in [0.15, 0.2) is 48.7 Å². The first-order chi connectivity index (χ1) is 11.2. The van der Waals surface area contributed by atoms with Crippen molar-refractivity contribution in [1.29, 1.82) is 0 Å². The Kier molecular flexibility index (Phi) is 4.77. The second kappa shape index (κ2) is 6.97. The summed E-state index contributed by atoms with van der Waals surface area (Å²) in [5.74, 6) is 0.0487. The van der Waals surface area contributed by atoms with Gasteiger partial charge in [-0.25, -0.2) is 4.79 Å². The number of halogens is 1. The van der Waals surface area contributed by atoms with Gasteiger partial charge in [0, 0.05) is 9.77 Å². The van der Waals surface area contributed by atoms with Crippen molar-refractivity contribution in [3.63, 3.8) is 0 Å². The molecule has 3 aromatic rings. The second-order valence-electron chi connectivity index (χ2n) is 4.72. The van der Waals surface area contributed by atoms with Crippen molar-refractivity contribution in [2.75, 3.05) is 0 Å². The SMILES string of the molecule is O=C(OCc1ccccc1)Oc1nc2ccc(I)cn2c1CO. The van der Waals surface area contributed by atoms with Crippen molar-refractivity contribution in [2.24, 2.45) is 0 Å². The van der Waals surface area contributed by atoms with E-state index in [1.54, 1.807) is 16.7 Å². The number of ether oxygens (including phenoxy) is 2. The molecule has 1 aromatic carbocycles. The van der Waals surface area contributed by atoms with Gasteiger partial charge in [0.2, 0.25) is 0 Å². The highest BCUT2D eigenvalue weighted by atomic mass is 127. The van der Waals surface area contributed by atoms with E-state index in [4.69, 9.17) is 9.47 Å². The highest BCUT2D eigenvalue weighted by molar-refractivity contribution is 14.1. The Hall–Kier alpha value is -2.13. The molecule has 23 heavy (non-hydrogen) atoms. The molecule has 0 atom stereocenters. The molecule has 7 heteroatoms. The summed E-state index contributed by atoms with van der Waals surface area (Å²) in [7, 11) is 0. The number of pyridine rings is 1. The molecule has 0 spiro atoms. The molecule has 1 N–H and O–H groups in total. The highest BCUT2D eigenvalue weighted by Crippen LogP contribution is 2.22. The van der Waals surface area contributed by atoms with Crippen LogP contribution in [0.25, 0.3) is 5.65 Å². The number of carbonyl (C=O) groups excluding carboxylic acids is 1. The molecule has 0 saturated heterocycles. The maximum absolute atomic E-state index is 11.8. The minimum Gasteiger partial charge on any atom is -0.429 e. The molecule has 118 valence electrons. The minimum atomic E-state index is -0.860. The van der Waals surface area contributed by atoms with Crippen LogP contribution in [-0.4, -0.2) is 20.6 Å². The third-order valence-electron chi connectivity index (χ3n) is 3.17. The van der Waals surface area contributed by atoms with E-state index in [0.29, 0.717) is 11.3 Å². The highest BCUT2D eigenvalue weighted by Gasteiger charge is 2.17. The molecule has 0 bridgehead atoms. The number of hydrogen-bond donors (Lipinski definition) is 1. The molecule has 0 aliphatic heterocycles. The van der Waals surface area contributed by atoms with E-state index < -0.39 is 6.16 Å². The first-order valence-electron chi connectivity index (χ1n) is 6.83. The summed E-state index contributed by atoms with van der Waals surface area (Å²) in [6.07, 6.45) is 0.943. The predicted octanol–water partition coefficient (Wildman–Crippen LogP) is 3.15. The number of aliphatic hydroxyl groups excluding tert-OH is 1. The summed E-state index contributed by atoms with van der Waals surface area (Å²) in [6.45, 7) is -0.192. The summed E-state index contributed by atoms with van der Waals surface area (Å²) >= 11 is 2.15. The number of rotatable bonds is 4. The average Bonchev–Trinajstić information content (AvgIpc) is 2.90. The topological polar surface area (TPSA) is 73.1 Å². The second-order valence-corrected chi connectivity index (χ2v) is 5.97. The van der Waals surface area contributed by atoms with Crippen molar-refractivity contribution in [3.05, 3.63) is 63.5 Å². The number of imidazole rings is 1. The van der Waals surface area contributed by atoms with Gasteiger partial charge in [0.05, 0.1) is 6.61 Å². The Morgan fingerprint density at radius 2 is 2.00 bits per heavy atom. The fraction of sp³-hybridized carbons (Fsp3) is 0.125. The summed E-state index contributed by atoms with van der Waals surface area (Å²) in [6, 6.07) is 13.0. The Morgan fingerprint density at radius 1 is 1.22 bits per heavy atom. The van der Waals surface area contributed by atoms with Crippen LogP contribution in [-0.2, 0) is 18.0 Å². The van der Waals surface area contributed by atoms with Gasteiger partial charge in [0.1, 0.15) is 17.9 Å². The van der Waals surface area contributed by atoms with Crippen molar-refractivity contribution in [3.8, 4) is 5.88 Å². The lowest BCUT2D eigenvalue weighted by atomic mass is 10.2. The number of nitrogens with zero attached hydrogens (tertiary/aromatic N) is 2. The van der Waals surface area contributed by atoms with Crippen molar-refractivity contribution < 1.29 is 19.4 Å². The molecule has 6 nitrogen and oxygen atoms in total. The van der Waals surface area contributed by atoms with E-state index in [9.17, 15) is 9.90 Å². The summed E-state index contributed by atoms with van der Waals surface area (Å²) in [5.41, 5.74) is 1.84. The van der Waals surface area contributed by atoms with Gasteiger partial charge in [0.25, 0.3) is 5.88 Å². The van der Waals surface area contributed by atoms with Crippen LogP contribution in [0, 0.1) is 3.57 Å². The molecule has 3 rings (SSSR count). The van der Waals surface area contributed by atoms with Gasteiger partial charge >= 0.3 is 6.16 Å². The first-order valence-corrected chi connectivity index (χ1v) is 7.91. The molecular formula is C16H13IN2O4. The predicted molar refractivity (Wildman–Crippen MR) is 91.1 cm³/mol. The summed E-state index contributed by atoms with van der Waals surface area (Å²) < 4.78 is 12.8. The minimum absolute atomic E-state index is 0.0487. The van der Waals surface area contributed by atoms with Crippen molar-refractivity contribution in [2.45, 2.75) is 13.2 Å². The lowest BCUT2D eigenvalue weighted by Crippen LogP contribution is -2.12. The average molecular weight is 424 g/mol. The summed E-state index contributed by atoms with van der Waals surface area (Å²) in [4.78, 5) is 16.0. The number of benzene rings is 1. The van der Waals surface area contributed by atoms with Crippen LogP contribution < -0.4 is 4.74 Å². The Labute approximate surface area is 145 Å². The van der Waals surface area contributed by atoms with Crippen molar-refractivity contribution >= 4 is 34.4 Å². The molecule has 0 aliphatic carbocycles. The maximum Gasteiger partial charge on any atom is 0.515 e. The van der Waals surface area contributed by atoms with E-state index in [1.165, 1.54) is 0 Å². The van der Waals surface area contributed by atoms with Crippen LogP contribution in [0.3, 0.4) is 0 Å². The molecule has 0 radical (unpaired) electrons. The molecule has 0 unspecified atom stereocenters. The number of aliphatic hydroxyl groups is 1. The van der Waals surface area contributed by atoms with Gasteiger partial charge in [0.15, 0.2) is 0 Å². The largest absolute Gasteiger partial charge is 0.515 e. The van der Waals surface area contributed by atoms with Crippen LogP contribution in [0.2, 0.25) is 0 Å². The monoisotopic (exact) mass is 424 g/mol. The van der Waals surface area contributed by atoms with Gasteiger partial charge in [-0.2, -0.15) is 4.98 Å². The Balaban J connectivity index is 1.74. The first kappa shape index (κ1) is 15.8. The quantitative estimate of drug-likeness (QED) is 0.515. The van der Waals surface area contributed by atoms with Crippen LogP contribution in [0.5, 0.6) is 5.88 Å². The lowest BCUT2D eigenvalue weighted by molar-refractivity contribution is 0.0904. The number of fused-ring (bicyclic) bond motifs is 1. The van der Waals surface area contributed by atoms with Crippen LogP contribution >= 0.6 is 22.6 Å². The van der Waals surface area contributed by atoms with Gasteiger partial charge in [-0.05, 0) is 40.3 Å². The number of hydrogen-bond acceptors (Lipinski definition) is 5. The van der Waals surface area contributed by atoms with Gasteiger partial charge in [-0.1, -0.05) is 30.3 Å². The Morgan fingerprint density at radius 3 is 2.74 bits per heavy atom. The van der Waals surface area contributed by atoms with Crippen LogP contribution in [0.1, 0.15) is 11.3 Å². The fourth-order valence-electron chi connectivity index (χ4n) is 2.10. The normalized spacial score (nSPS) is 10.7.